The number of amides is 2. The summed E-state index contributed by atoms with van der Waals surface area (Å²) in [7, 11) is 1.62. The van der Waals surface area contributed by atoms with Crippen molar-refractivity contribution < 1.29 is 14.3 Å². The summed E-state index contributed by atoms with van der Waals surface area (Å²) in [5, 5.41) is 3.05. The first-order valence-electron chi connectivity index (χ1n) is 10.9. The number of carbonyl (C=O) groups is 2. The monoisotopic (exact) mass is 428 g/mol. The van der Waals surface area contributed by atoms with E-state index >= 15 is 0 Å². The Morgan fingerprint density at radius 3 is 2.31 bits per heavy atom. The van der Waals surface area contributed by atoms with Crippen LogP contribution in [0.1, 0.15) is 40.9 Å². The molecule has 0 aliphatic carbocycles. The van der Waals surface area contributed by atoms with Gasteiger partial charge in [-0.1, -0.05) is 49.4 Å². The average Bonchev–Trinajstić information content (AvgIpc) is 2.83. The Morgan fingerprint density at radius 1 is 1.00 bits per heavy atom. The minimum Gasteiger partial charge on any atom is -0.497 e. The van der Waals surface area contributed by atoms with Crippen molar-refractivity contribution in [3.05, 3.63) is 95.1 Å². The van der Waals surface area contributed by atoms with Crippen LogP contribution in [0.2, 0.25) is 0 Å². The van der Waals surface area contributed by atoms with Gasteiger partial charge < -0.3 is 10.1 Å². The molecule has 32 heavy (non-hydrogen) atoms. The molecule has 5 nitrogen and oxygen atoms in total. The number of anilines is 1. The molecule has 3 aromatic carbocycles. The highest BCUT2D eigenvalue weighted by atomic mass is 16.5. The van der Waals surface area contributed by atoms with Crippen molar-refractivity contribution in [3.8, 4) is 5.75 Å². The summed E-state index contributed by atoms with van der Waals surface area (Å²) in [5.41, 5.74) is 3.36. The number of nitrogens with one attached hydrogen (secondary N) is 1. The van der Waals surface area contributed by atoms with Crippen molar-refractivity contribution in [2.24, 2.45) is 0 Å². The van der Waals surface area contributed by atoms with Crippen LogP contribution in [0.25, 0.3) is 0 Å². The molecule has 5 heteroatoms. The molecule has 0 radical (unpaired) electrons. The van der Waals surface area contributed by atoms with Crippen molar-refractivity contribution in [3.63, 3.8) is 0 Å². The number of ether oxygens (including phenoxy) is 1. The van der Waals surface area contributed by atoms with Gasteiger partial charge in [-0.25, -0.2) is 0 Å². The lowest BCUT2D eigenvalue weighted by Crippen LogP contribution is -2.63. The summed E-state index contributed by atoms with van der Waals surface area (Å²) < 4.78 is 5.20. The van der Waals surface area contributed by atoms with E-state index in [0.29, 0.717) is 18.5 Å². The number of fused-ring (bicyclic) bond motifs is 1. The molecule has 1 aliphatic rings. The van der Waals surface area contributed by atoms with Crippen molar-refractivity contribution in [2.75, 3.05) is 12.0 Å². The second-order valence-electron chi connectivity index (χ2n) is 8.30. The Kier molecular flexibility index (Phi) is 5.99. The first-order chi connectivity index (χ1) is 15.5. The van der Waals surface area contributed by atoms with Gasteiger partial charge in [0, 0.05) is 24.2 Å². The van der Waals surface area contributed by atoms with Crippen LogP contribution in [0.5, 0.6) is 5.75 Å². The van der Waals surface area contributed by atoms with E-state index < -0.39 is 5.54 Å². The van der Waals surface area contributed by atoms with Crippen molar-refractivity contribution in [2.45, 2.75) is 38.8 Å². The Balaban J connectivity index is 1.66. The molecule has 0 unspecified atom stereocenters. The quantitative estimate of drug-likeness (QED) is 0.627. The normalized spacial score (nSPS) is 17.6. The van der Waals surface area contributed by atoms with Gasteiger partial charge >= 0.3 is 0 Å². The van der Waals surface area contributed by atoms with E-state index in [1.165, 1.54) is 5.56 Å². The third-order valence-electron chi connectivity index (χ3n) is 6.18. The number of aryl methyl sites for hydroxylation is 1. The van der Waals surface area contributed by atoms with Crippen LogP contribution in [0, 0.1) is 0 Å². The highest BCUT2D eigenvalue weighted by Crippen LogP contribution is 2.35. The smallest absolute Gasteiger partial charge is 0.259 e. The molecule has 0 aromatic heterocycles. The summed E-state index contributed by atoms with van der Waals surface area (Å²) >= 11 is 0. The number of carbonyl (C=O) groups excluding carboxylic acids is 2. The van der Waals surface area contributed by atoms with Gasteiger partial charge in [0.15, 0.2) is 0 Å². The first-order valence-corrected chi connectivity index (χ1v) is 10.9. The lowest BCUT2D eigenvalue weighted by Gasteiger charge is -2.44. The molecule has 0 saturated heterocycles. The Labute approximate surface area is 189 Å². The number of hydrogen-bond acceptors (Lipinski definition) is 3. The number of rotatable bonds is 6. The van der Waals surface area contributed by atoms with Crippen LogP contribution >= 0.6 is 0 Å². The number of hydrogen-bond donors (Lipinski definition) is 1. The van der Waals surface area contributed by atoms with E-state index in [4.69, 9.17) is 4.74 Å². The van der Waals surface area contributed by atoms with E-state index in [1.807, 2.05) is 79.7 Å². The minimum absolute atomic E-state index is 0.154. The number of benzene rings is 3. The summed E-state index contributed by atoms with van der Waals surface area (Å²) in [5.74, 6) is 0.428. The highest BCUT2D eigenvalue weighted by Gasteiger charge is 2.47. The van der Waals surface area contributed by atoms with Gasteiger partial charge in [0.25, 0.3) is 5.91 Å². The van der Waals surface area contributed by atoms with Crippen LogP contribution in [0.15, 0.2) is 72.8 Å². The van der Waals surface area contributed by atoms with Gasteiger partial charge in [0.2, 0.25) is 5.91 Å². The zero-order valence-electron chi connectivity index (χ0n) is 18.7. The van der Waals surface area contributed by atoms with Crippen molar-refractivity contribution in [1.29, 1.82) is 0 Å². The zero-order chi connectivity index (χ0) is 22.7. The summed E-state index contributed by atoms with van der Waals surface area (Å²) in [6.07, 6.45) is 1.36. The predicted molar refractivity (Wildman–Crippen MR) is 126 cm³/mol. The molecular formula is C27H28N2O3. The average molecular weight is 429 g/mol. The minimum atomic E-state index is -1.05. The Hall–Kier alpha value is -3.60. The van der Waals surface area contributed by atoms with Gasteiger partial charge in [-0.05, 0) is 60.4 Å². The molecule has 3 aromatic rings. The SMILES string of the molecule is CCc1ccc(N2C(=O)c3ccccc3C[C@@]2(C)C(=O)NCc2ccc(OC)cc2)cc1. The fourth-order valence-corrected chi connectivity index (χ4v) is 4.26. The first kappa shape index (κ1) is 21.6. The molecular weight excluding hydrogens is 400 g/mol. The van der Waals surface area contributed by atoms with Gasteiger partial charge in [-0.2, -0.15) is 0 Å². The predicted octanol–water partition coefficient (Wildman–Crippen LogP) is 4.54. The second kappa shape index (κ2) is 8.87. The van der Waals surface area contributed by atoms with Gasteiger partial charge in [-0.3, -0.25) is 14.5 Å². The molecule has 0 spiro atoms. The zero-order valence-corrected chi connectivity index (χ0v) is 18.7. The van der Waals surface area contributed by atoms with E-state index in [-0.39, 0.29) is 11.8 Å². The van der Waals surface area contributed by atoms with E-state index in [0.717, 1.165) is 29.0 Å². The summed E-state index contributed by atoms with van der Waals surface area (Å²) in [4.78, 5) is 28.8. The van der Waals surface area contributed by atoms with E-state index in [1.54, 1.807) is 12.0 Å². The molecule has 0 bridgehead atoms. The second-order valence-corrected chi connectivity index (χ2v) is 8.30. The van der Waals surface area contributed by atoms with Gasteiger partial charge in [-0.15, -0.1) is 0 Å². The fraction of sp³-hybridized carbons (Fsp3) is 0.259. The van der Waals surface area contributed by atoms with Gasteiger partial charge in [0.1, 0.15) is 11.3 Å². The molecule has 1 atom stereocenters. The molecule has 1 heterocycles. The molecule has 0 saturated carbocycles. The van der Waals surface area contributed by atoms with E-state index in [9.17, 15) is 9.59 Å². The number of methoxy groups -OCH3 is 1. The lowest BCUT2D eigenvalue weighted by molar-refractivity contribution is -0.126. The Bertz CT molecular complexity index is 1120. The van der Waals surface area contributed by atoms with Crippen LogP contribution in [0.3, 0.4) is 0 Å². The van der Waals surface area contributed by atoms with Crippen LogP contribution in [-0.4, -0.2) is 24.5 Å². The number of nitrogens with zero attached hydrogens (tertiary/aromatic N) is 1. The molecule has 164 valence electrons. The Morgan fingerprint density at radius 2 is 1.66 bits per heavy atom. The molecule has 1 N–H and O–H groups in total. The third kappa shape index (κ3) is 3.98. The molecule has 0 fully saturated rings. The highest BCUT2D eigenvalue weighted by molar-refractivity contribution is 6.14. The maximum Gasteiger partial charge on any atom is 0.259 e. The van der Waals surface area contributed by atoms with E-state index in [2.05, 4.69) is 12.2 Å². The standard InChI is InChI=1S/C27H28N2O3/c1-4-19-9-13-22(14-10-19)29-25(30)24-8-6-5-7-21(24)17-27(29,2)26(31)28-18-20-11-15-23(32-3)16-12-20/h5-16H,4,17-18H2,1-3H3,(H,28,31)/t27-/m0/s1. The maximum atomic E-state index is 13.6. The molecule has 2 amide bonds. The summed E-state index contributed by atoms with van der Waals surface area (Å²) in [6, 6.07) is 23.0. The largest absolute Gasteiger partial charge is 0.497 e. The van der Waals surface area contributed by atoms with Gasteiger partial charge in [0.05, 0.1) is 7.11 Å². The fourth-order valence-electron chi connectivity index (χ4n) is 4.26. The van der Waals surface area contributed by atoms with Crippen molar-refractivity contribution in [1.82, 2.24) is 5.32 Å². The lowest BCUT2D eigenvalue weighted by atomic mass is 9.82. The van der Waals surface area contributed by atoms with Crippen LogP contribution < -0.4 is 15.0 Å². The van der Waals surface area contributed by atoms with Crippen LogP contribution in [-0.2, 0) is 24.2 Å². The summed E-state index contributed by atoms with van der Waals surface area (Å²) in [6.45, 7) is 4.31. The van der Waals surface area contributed by atoms with Crippen LogP contribution in [0.4, 0.5) is 5.69 Å². The molecule has 4 rings (SSSR count). The third-order valence-corrected chi connectivity index (χ3v) is 6.18. The maximum absolute atomic E-state index is 13.6. The van der Waals surface area contributed by atoms with Crippen molar-refractivity contribution >= 4 is 17.5 Å². The topological polar surface area (TPSA) is 58.6 Å². The molecule has 1 aliphatic heterocycles.